The third-order valence-corrected chi connectivity index (χ3v) is 4.53. The molecule has 4 heteroatoms. The Balaban J connectivity index is 2.20. The summed E-state index contributed by atoms with van der Waals surface area (Å²) >= 11 is 3.53. The normalized spacial score (nSPS) is 17.4. The zero-order valence-corrected chi connectivity index (χ0v) is 13.5. The van der Waals surface area contributed by atoms with E-state index in [1.165, 1.54) is 11.3 Å². The largest absolute Gasteiger partial charge is 0.384 e. The summed E-state index contributed by atoms with van der Waals surface area (Å²) < 4.78 is 0.998. The van der Waals surface area contributed by atoms with Gasteiger partial charge < -0.3 is 10.6 Å². The molecule has 3 rings (SSSR count). The van der Waals surface area contributed by atoms with Crippen molar-refractivity contribution in [1.29, 1.82) is 5.41 Å². The van der Waals surface area contributed by atoms with Crippen molar-refractivity contribution < 1.29 is 0 Å². The van der Waals surface area contributed by atoms with E-state index >= 15 is 0 Å². The number of hydrogen-bond donors (Lipinski definition) is 2. The molecule has 0 amide bonds. The lowest BCUT2D eigenvalue weighted by Gasteiger charge is -2.38. The van der Waals surface area contributed by atoms with E-state index in [2.05, 4.69) is 58.1 Å². The summed E-state index contributed by atoms with van der Waals surface area (Å²) in [6.07, 6.45) is 2.19. The van der Waals surface area contributed by atoms with Crippen molar-refractivity contribution in [3.63, 3.8) is 0 Å². The highest BCUT2D eigenvalue weighted by molar-refractivity contribution is 9.10. The van der Waals surface area contributed by atoms with Gasteiger partial charge in [-0.2, -0.15) is 0 Å². The Bertz CT molecular complexity index is 696. The minimum Gasteiger partial charge on any atom is -0.384 e. The third kappa shape index (κ3) is 2.56. The first-order valence-electron chi connectivity index (χ1n) is 7.09. The van der Waals surface area contributed by atoms with Crippen LogP contribution in [-0.4, -0.2) is 11.9 Å². The standard InChI is InChI=1S/C17H18BrN3/c1-11-6-7-12-4-2-3-5-15(12)21(11)16-10-13(18)8-9-14(16)17(19)20/h2-5,8-11H,6-7H2,1H3,(H3,19,20). The molecule has 3 nitrogen and oxygen atoms in total. The summed E-state index contributed by atoms with van der Waals surface area (Å²) in [6, 6.07) is 14.7. The molecule has 0 bridgehead atoms. The average Bonchev–Trinajstić information content (AvgIpc) is 2.46. The van der Waals surface area contributed by atoms with Gasteiger partial charge in [-0.15, -0.1) is 0 Å². The lowest BCUT2D eigenvalue weighted by molar-refractivity contribution is 0.618. The molecule has 1 unspecified atom stereocenters. The second-order valence-electron chi connectivity index (χ2n) is 5.46. The Morgan fingerprint density at radius 2 is 2.00 bits per heavy atom. The van der Waals surface area contributed by atoms with E-state index in [-0.39, 0.29) is 5.84 Å². The van der Waals surface area contributed by atoms with Gasteiger partial charge in [0, 0.05) is 21.8 Å². The molecule has 21 heavy (non-hydrogen) atoms. The smallest absolute Gasteiger partial charge is 0.124 e. The van der Waals surface area contributed by atoms with Crippen LogP contribution >= 0.6 is 15.9 Å². The molecule has 2 aromatic carbocycles. The fraction of sp³-hybridized carbons (Fsp3) is 0.235. The Hall–Kier alpha value is -1.81. The maximum Gasteiger partial charge on any atom is 0.124 e. The zero-order valence-electron chi connectivity index (χ0n) is 11.9. The topological polar surface area (TPSA) is 53.1 Å². The summed E-state index contributed by atoms with van der Waals surface area (Å²) in [5.74, 6) is 0.104. The number of nitrogen functional groups attached to an aromatic ring is 1. The average molecular weight is 344 g/mol. The van der Waals surface area contributed by atoms with E-state index in [1.54, 1.807) is 0 Å². The first-order chi connectivity index (χ1) is 10.1. The predicted octanol–water partition coefficient (Wildman–Crippen LogP) is 4.21. The SMILES string of the molecule is CC1CCc2ccccc2N1c1cc(Br)ccc1C(=N)N. The van der Waals surface area contributed by atoms with Crippen LogP contribution in [-0.2, 0) is 6.42 Å². The van der Waals surface area contributed by atoms with Gasteiger partial charge in [0.25, 0.3) is 0 Å². The first kappa shape index (κ1) is 14.1. The first-order valence-corrected chi connectivity index (χ1v) is 7.88. The Labute approximate surface area is 133 Å². The van der Waals surface area contributed by atoms with Crippen molar-refractivity contribution >= 4 is 33.1 Å². The molecule has 1 aliphatic rings. The van der Waals surface area contributed by atoms with Gasteiger partial charge in [-0.25, -0.2) is 0 Å². The second-order valence-corrected chi connectivity index (χ2v) is 6.38. The number of fused-ring (bicyclic) bond motifs is 1. The fourth-order valence-electron chi connectivity index (χ4n) is 2.99. The fourth-order valence-corrected chi connectivity index (χ4v) is 3.34. The van der Waals surface area contributed by atoms with Crippen LogP contribution in [0.2, 0.25) is 0 Å². The van der Waals surface area contributed by atoms with Crippen LogP contribution in [0.4, 0.5) is 11.4 Å². The quantitative estimate of drug-likeness (QED) is 0.633. The number of benzene rings is 2. The number of anilines is 2. The molecule has 0 aromatic heterocycles. The summed E-state index contributed by atoms with van der Waals surface area (Å²) in [5.41, 5.74) is 10.1. The molecular formula is C17H18BrN3. The van der Waals surface area contributed by atoms with E-state index in [9.17, 15) is 0 Å². The van der Waals surface area contributed by atoms with Crippen molar-refractivity contribution in [2.24, 2.45) is 5.73 Å². The molecule has 0 radical (unpaired) electrons. The van der Waals surface area contributed by atoms with Crippen molar-refractivity contribution in [3.8, 4) is 0 Å². The van der Waals surface area contributed by atoms with E-state index in [0.717, 1.165) is 28.6 Å². The molecular weight excluding hydrogens is 326 g/mol. The van der Waals surface area contributed by atoms with Crippen LogP contribution in [0.3, 0.4) is 0 Å². The highest BCUT2D eigenvalue weighted by Gasteiger charge is 2.26. The molecule has 3 N–H and O–H groups in total. The minimum atomic E-state index is 0.104. The van der Waals surface area contributed by atoms with Gasteiger partial charge in [0.15, 0.2) is 0 Å². The minimum absolute atomic E-state index is 0.104. The van der Waals surface area contributed by atoms with Crippen molar-refractivity contribution in [1.82, 2.24) is 0 Å². The van der Waals surface area contributed by atoms with Gasteiger partial charge in [-0.3, -0.25) is 5.41 Å². The number of nitrogens with two attached hydrogens (primary N) is 1. The number of amidine groups is 1. The number of halogens is 1. The number of rotatable bonds is 2. The summed E-state index contributed by atoms with van der Waals surface area (Å²) in [7, 11) is 0. The van der Waals surface area contributed by atoms with Crippen LogP contribution in [0.25, 0.3) is 0 Å². The Kier molecular flexibility index (Phi) is 3.72. The molecule has 108 valence electrons. The van der Waals surface area contributed by atoms with Crippen LogP contribution < -0.4 is 10.6 Å². The van der Waals surface area contributed by atoms with Gasteiger partial charge >= 0.3 is 0 Å². The Morgan fingerprint density at radius 1 is 1.24 bits per heavy atom. The van der Waals surface area contributed by atoms with Crippen LogP contribution in [0.15, 0.2) is 46.9 Å². The Morgan fingerprint density at radius 3 is 2.76 bits per heavy atom. The number of aryl methyl sites for hydroxylation is 1. The molecule has 0 aliphatic carbocycles. The van der Waals surface area contributed by atoms with Crippen LogP contribution in [0.5, 0.6) is 0 Å². The molecule has 0 spiro atoms. The van der Waals surface area contributed by atoms with Crippen molar-refractivity contribution in [2.45, 2.75) is 25.8 Å². The van der Waals surface area contributed by atoms with E-state index < -0.39 is 0 Å². The van der Waals surface area contributed by atoms with E-state index in [0.29, 0.717) is 6.04 Å². The van der Waals surface area contributed by atoms with Gasteiger partial charge in [0.05, 0.1) is 5.69 Å². The number of nitrogens with one attached hydrogen (secondary N) is 1. The lowest BCUT2D eigenvalue weighted by atomic mass is 9.95. The van der Waals surface area contributed by atoms with E-state index in [4.69, 9.17) is 11.1 Å². The summed E-state index contributed by atoms with van der Waals surface area (Å²) in [4.78, 5) is 2.31. The van der Waals surface area contributed by atoms with Crippen LogP contribution in [0.1, 0.15) is 24.5 Å². The highest BCUT2D eigenvalue weighted by Crippen LogP contribution is 2.39. The molecule has 0 saturated heterocycles. The number of hydrogen-bond acceptors (Lipinski definition) is 2. The van der Waals surface area contributed by atoms with Crippen LogP contribution in [0, 0.1) is 5.41 Å². The van der Waals surface area contributed by atoms with E-state index in [1.807, 2.05) is 12.1 Å². The van der Waals surface area contributed by atoms with Gasteiger partial charge in [0.1, 0.15) is 5.84 Å². The third-order valence-electron chi connectivity index (χ3n) is 4.03. The molecule has 1 heterocycles. The molecule has 0 fully saturated rings. The summed E-state index contributed by atoms with van der Waals surface area (Å²) in [6.45, 7) is 2.22. The predicted molar refractivity (Wildman–Crippen MR) is 91.5 cm³/mol. The van der Waals surface area contributed by atoms with Crippen molar-refractivity contribution in [2.75, 3.05) is 4.90 Å². The number of para-hydroxylation sites is 1. The molecule has 0 saturated carbocycles. The lowest BCUT2D eigenvalue weighted by Crippen LogP contribution is -2.34. The maximum atomic E-state index is 7.85. The molecule has 1 atom stereocenters. The van der Waals surface area contributed by atoms with Gasteiger partial charge in [0.2, 0.25) is 0 Å². The molecule has 1 aliphatic heterocycles. The highest BCUT2D eigenvalue weighted by atomic mass is 79.9. The number of nitrogens with zero attached hydrogens (tertiary/aromatic N) is 1. The van der Waals surface area contributed by atoms with Gasteiger partial charge in [-0.1, -0.05) is 34.1 Å². The molecule has 2 aromatic rings. The second kappa shape index (κ2) is 5.53. The summed E-state index contributed by atoms with van der Waals surface area (Å²) in [5, 5.41) is 7.85. The monoisotopic (exact) mass is 343 g/mol. The van der Waals surface area contributed by atoms with Crippen molar-refractivity contribution in [3.05, 3.63) is 58.1 Å². The maximum absolute atomic E-state index is 7.85. The zero-order chi connectivity index (χ0) is 15.0. The van der Waals surface area contributed by atoms with Gasteiger partial charge in [-0.05, 0) is 49.6 Å².